The lowest BCUT2D eigenvalue weighted by molar-refractivity contribution is 0.0967. The highest BCUT2D eigenvalue weighted by Crippen LogP contribution is 2.49. The molecule has 2 aromatic carbocycles. The topological polar surface area (TPSA) is 86.0 Å². The average molecular weight is 401 g/mol. The first-order valence-electron chi connectivity index (χ1n) is 8.47. The summed E-state index contributed by atoms with van der Waals surface area (Å²) < 4.78 is 27.7. The van der Waals surface area contributed by atoms with Gasteiger partial charge in [-0.05, 0) is 29.8 Å². The lowest BCUT2D eigenvalue weighted by Gasteiger charge is -2.18. The Morgan fingerprint density at radius 2 is 1.71 bits per heavy atom. The molecular weight excluding hydrogens is 381 g/mol. The van der Waals surface area contributed by atoms with Gasteiger partial charge in [0.2, 0.25) is 0 Å². The molecular formula is C20H20NO6P. The van der Waals surface area contributed by atoms with E-state index in [0.29, 0.717) is 16.7 Å². The first-order valence-corrected chi connectivity index (χ1v) is 10.2. The van der Waals surface area contributed by atoms with Gasteiger partial charge in [-0.25, -0.2) is 0 Å². The number of nitrogens with zero attached hydrogens (tertiary/aromatic N) is 1. The van der Waals surface area contributed by atoms with E-state index in [1.165, 1.54) is 25.2 Å². The highest BCUT2D eigenvalue weighted by Gasteiger charge is 2.22. The molecule has 8 heteroatoms. The van der Waals surface area contributed by atoms with E-state index >= 15 is 0 Å². The van der Waals surface area contributed by atoms with E-state index < -0.39 is 13.5 Å². The van der Waals surface area contributed by atoms with Crippen LogP contribution in [0.3, 0.4) is 0 Å². The third-order valence-corrected chi connectivity index (χ3v) is 6.27. The lowest BCUT2D eigenvalue weighted by Crippen LogP contribution is -2.27. The molecule has 0 spiro atoms. The predicted molar refractivity (Wildman–Crippen MR) is 107 cm³/mol. The number of hydrogen-bond acceptors (Lipinski definition) is 6. The van der Waals surface area contributed by atoms with Gasteiger partial charge >= 0.3 is 7.60 Å². The minimum atomic E-state index is -3.17. The molecule has 0 aliphatic carbocycles. The normalized spacial score (nSPS) is 11.5. The molecule has 0 aliphatic rings. The second-order valence-electron chi connectivity index (χ2n) is 6.14. The van der Waals surface area contributed by atoms with E-state index in [9.17, 15) is 14.2 Å². The van der Waals surface area contributed by atoms with Crippen LogP contribution in [-0.4, -0.2) is 27.2 Å². The van der Waals surface area contributed by atoms with Crippen LogP contribution in [0.25, 0.3) is 11.0 Å². The zero-order valence-electron chi connectivity index (χ0n) is 15.7. The molecule has 28 heavy (non-hydrogen) atoms. The Balaban J connectivity index is 1.84. The van der Waals surface area contributed by atoms with Gasteiger partial charge in [0.15, 0.2) is 11.2 Å². The number of para-hydroxylation sites is 1. The molecule has 3 rings (SSSR count). The van der Waals surface area contributed by atoms with Crippen LogP contribution in [0, 0.1) is 0 Å². The molecule has 1 aromatic heterocycles. The van der Waals surface area contributed by atoms with Gasteiger partial charge in [-0.1, -0.05) is 24.3 Å². The highest BCUT2D eigenvalue weighted by atomic mass is 31.2. The van der Waals surface area contributed by atoms with Crippen LogP contribution in [-0.2, 0) is 19.8 Å². The molecule has 0 unspecified atom stereocenters. The van der Waals surface area contributed by atoms with E-state index in [-0.39, 0.29) is 17.4 Å². The van der Waals surface area contributed by atoms with Crippen LogP contribution in [0.1, 0.15) is 16.1 Å². The summed E-state index contributed by atoms with van der Waals surface area (Å²) in [5.41, 5.74) is 1.42. The minimum absolute atomic E-state index is 0.0430. The standard InChI is InChI=1S/C20H20NO6P/c1-21(15-10-8-14(9-11-15)13-28(24,25-2)26-3)20(23)19-12-17(22)16-6-4-5-7-18(16)27-19/h4-12H,13H2,1-3H3. The monoisotopic (exact) mass is 401 g/mol. The molecule has 1 heterocycles. The van der Waals surface area contributed by atoms with E-state index in [4.69, 9.17) is 13.5 Å². The van der Waals surface area contributed by atoms with Crippen LogP contribution in [0.5, 0.6) is 0 Å². The van der Waals surface area contributed by atoms with Crippen molar-refractivity contribution < 1.29 is 22.8 Å². The van der Waals surface area contributed by atoms with E-state index in [0.717, 1.165) is 5.56 Å². The Morgan fingerprint density at radius 1 is 1.07 bits per heavy atom. The Hall–Kier alpha value is -2.73. The summed E-state index contributed by atoms with van der Waals surface area (Å²) in [4.78, 5) is 26.4. The molecule has 0 N–H and O–H groups in total. The number of carbonyl (C=O) groups excluding carboxylic acids is 1. The summed E-state index contributed by atoms with van der Waals surface area (Å²) in [6.07, 6.45) is 0.123. The third-order valence-electron chi connectivity index (χ3n) is 4.41. The van der Waals surface area contributed by atoms with Crippen molar-refractivity contribution in [3.05, 3.63) is 76.1 Å². The fraction of sp³-hybridized carbons (Fsp3) is 0.200. The summed E-state index contributed by atoms with van der Waals surface area (Å²) in [5, 5.41) is 0.423. The Morgan fingerprint density at radius 3 is 2.36 bits per heavy atom. The summed E-state index contributed by atoms with van der Waals surface area (Å²) >= 11 is 0. The number of fused-ring (bicyclic) bond motifs is 1. The Bertz CT molecular complexity index is 1100. The van der Waals surface area contributed by atoms with Crippen LogP contribution < -0.4 is 10.3 Å². The SMILES string of the molecule is COP(=O)(Cc1ccc(N(C)C(=O)c2cc(=O)c3ccccc3o2)cc1)OC. The lowest BCUT2D eigenvalue weighted by atomic mass is 10.2. The third kappa shape index (κ3) is 4.07. The first-order chi connectivity index (χ1) is 13.4. The Labute approximate surface area is 162 Å². The Kier molecular flexibility index (Phi) is 5.79. The van der Waals surface area contributed by atoms with Gasteiger partial charge in [0.1, 0.15) is 5.58 Å². The summed E-state index contributed by atoms with van der Waals surface area (Å²) in [6, 6.07) is 14.9. The number of hydrogen-bond donors (Lipinski definition) is 0. The molecule has 146 valence electrons. The van der Waals surface area contributed by atoms with E-state index in [1.807, 2.05) is 0 Å². The summed E-state index contributed by atoms with van der Waals surface area (Å²) in [7, 11) is 1.09. The van der Waals surface area contributed by atoms with Gasteiger partial charge in [0.05, 0.1) is 11.5 Å². The van der Waals surface area contributed by atoms with Crippen molar-refractivity contribution in [2.75, 3.05) is 26.2 Å². The molecule has 3 aromatic rings. The number of benzene rings is 2. The fourth-order valence-electron chi connectivity index (χ4n) is 2.74. The van der Waals surface area contributed by atoms with Crippen molar-refractivity contribution in [2.45, 2.75) is 6.16 Å². The van der Waals surface area contributed by atoms with Crippen molar-refractivity contribution in [3.8, 4) is 0 Å². The van der Waals surface area contributed by atoms with Crippen LogP contribution in [0.2, 0.25) is 0 Å². The smallest absolute Gasteiger partial charge is 0.334 e. The van der Waals surface area contributed by atoms with Crippen LogP contribution in [0.4, 0.5) is 5.69 Å². The second kappa shape index (κ2) is 8.10. The number of rotatable bonds is 6. The molecule has 0 saturated heterocycles. The fourth-order valence-corrected chi connectivity index (χ4v) is 3.81. The minimum Gasteiger partial charge on any atom is -0.451 e. The molecule has 0 fully saturated rings. The van der Waals surface area contributed by atoms with Crippen molar-refractivity contribution in [1.29, 1.82) is 0 Å². The van der Waals surface area contributed by atoms with Gasteiger partial charge in [0, 0.05) is 33.0 Å². The van der Waals surface area contributed by atoms with Crippen molar-refractivity contribution in [1.82, 2.24) is 0 Å². The van der Waals surface area contributed by atoms with E-state index in [1.54, 1.807) is 55.6 Å². The van der Waals surface area contributed by atoms with Crippen molar-refractivity contribution in [3.63, 3.8) is 0 Å². The van der Waals surface area contributed by atoms with Crippen molar-refractivity contribution in [2.24, 2.45) is 0 Å². The highest BCUT2D eigenvalue weighted by molar-refractivity contribution is 7.52. The van der Waals surface area contributed by atoms with Crippen LogP contribution >= 0.6 is 7.60 Å². The molecule has 0 radical (unpaired) electrons. The van der Waals surface area contributed by atoms with Gasteiger partial charge in [-0.2, -0.15) is 0 Å². The zero-order chi connectivity index (χ0) is 20.3. The van der Waals surface area contributed by atoms with Crippen molar-refractivity contribution >= 4 is 30.2 Å². The summed E-state index contributed by atoms with van der Waals surface area (Å²) in [6.45, 7) is 0. The predicted octanol–water partition coefficient (Wildman–Crippen LogP) is 4.06. The van der Waals surface area contributed by atoms with Gasteiger partial charge in [-0.3, -0.25) is 14.2 Å². The molecule has 0 bridgehead atoms. The maximum Gasteiger partial charge on any atom is 0.334 e. The summed E-state index contributed by atoms with van der Waals surface area (Å²) in [5.74, 6) is -0.492. The molecule has 7 nitrogen and oxygen atoms in total. The first kappa shape index (κ1) is 20.0. The molecule has 0 saturated carbocycles. The number of amides is 1. The zero-order valence-corrected chi connectivity index (χ0v) is 16.6. The molecule has 1 amide bonds. The van der Waals surface area contributed by atoms with Gasteiger partial charge in [-0.15, -0.1) is 0 Å². The van der Waals surface area contributed by atoms with Crippen LogP contribution in [0.15, 0.2) is 63.8 Å². The van der Waals surface area contributed by atoms with Gasteiger partial charge < -0.3 is 18.4 Å². The molecule has 0 aliphatic heterocycles. The molecule has 0 atom stereocenters. The van der Waals surface area contributed by atoms with Gasteiger partial charge in [0.25, 0.3) is 5.91 Å². The van der Waals surface area contributed by atoms with E-state index in [2.05, 4.69) is 0 Å². The quantitative estimate of drug-likeness (QED) is 0.579. The number of anilines is 1. The maximum absolute atomic E-state index is 12.8. The average Bonchev–Trinajstić information content (AvgIpc) is 2.73. The number of carbonyl (C=O) groups is 1. The maximum atomic E-state index is 12.8. The second-order valence-corrected chi connectivity index (χ2v) is 8.40. The largest absolute Gasteiger partial charge is 0.451 e.